The van der Waals surface area contributed by atoms with Gasteiger partial charge in [-0.1, -0.05) is 29.8 Å². The number of fused-ring (bicyclic) bond motifs is 1. The lowest BCUT2D eigenvalue weighted by Crippen LogP contribution is -2.12. The number of aryl methyl sites for hydroxylation is 1. The molecule has 1 N–H and O–H groups in total. The molecule has 27 heavy (non-hydrogen) atoms. The number of imidazole rings is 1. The fraction of sp³-hybridized carbons (Fsp3) is 0.0500. The molecule has 0 fully saturated rings. The molecule has 4 rings (SSSR count). The maximum atomic E-state index is 12.5. The number of anilines is 1. The number of hydrogen-bond acceptors (Lipinski definition) is 3. The first kappa shape index (κ1) is 17.6. The van der Waals surface area contributed by atoms with Gasteiger partial charge >= 0.3 is 0 Å². The molecule has 2 aromatic carbocycles. The van der Waals surface area contributed by atoms with Crippen molar-refractivity contribution in [3.05, 3.63) is 83.6 Å². The topological polar surface area (TPSA) is 63.5 Å². The van der Waals surface area contributed by atoms with Gasteiger partial charge in [-0.3, -0.25) is 4.72 Å². The molecular formula is C20H16ClN3O2S. The van der Waals surface area contributed by atoms with Gasteiger partial charge in [0.05, 0.1) is 10.6 Å². The summed E-state index contributed by atoms with van der Waals surface area (Å²) >= 11 is 5.88. The van der Waals surface area contributed by atoms with Gasteiger partial charge in [0.15, 0.2) is 0 Å². The fourth-order valence-corrected chi connectivity index (χ4v) is 4.14. The first-order valence-corrected chi connectivity index (χ1v) is 10.1. The molecule has 0 spiro atoms. The third-order valence-electron chi connectivity index (χ3n) is 4.15. The van der Waals surface area contributed by atoms with Crippen molar-refractivity contribution in [3.63, 3.8) is 0 Å². The summed E-state index contributed by atoms with van der Waals surface area (Å²) in [5.41, 5.74) is 4.21. The van der Waals surface area contributed by atoms with Gasteiger partial charge in [0, 0.05) is 28.7 Å². The lowest BCUT2D eigenvalue weighted by molar-refractivity contribution is 0.601. The van der Waals surface area contributed by atoms with Crippen molar-refractivity contribution in [2.24, 2.45) is 0 Å². The minimum atomic E-state index is -3.69. The second-order valence-electron chi connectivity index (χ2n) is 6.24. The molecule has 0 saturated heterocycles. The molecule has 0 radical (unpaired) electrons. The van der Waals surface area contributed by atoms with Crippen molar-refractivity contribution in [3.8, 4) is 11.3 Å². The van der Waals surface area contributed by atoms with Crippen LogP contribution in [0.3, 0.4) is 0 Å². The van der Waals surface area contributed by atoms with Crippen molar-refractivity contribution in [1.82, 2.24) is 9.38 Å². The van der Waals surface area contributed by atoms with Crippen molar-refractivity contribution in [2.45, 2.75) is 11.8 Å². The molecule has 0 aliphatic heterocycles. The van der Waals surface area contributed by atoms with Gasteiger partial charge in [0.2, 0.25) is 0 Å². The molecule has 0 amide bonds. The van der Waals surface area contributed by atoms with Gasteiger partial charge in [-0.25, -0.2) is 13.4 Å². The highest BCUT2D eigenvalue weighted by Gasteiger charge is 2.14. The van der Waals surface area contributed by atoms with Gasteiger partial charge in [-0.05, 0) is 55.0 Å². The van der Waals surface area contributed by atoms with E-state index >= 15 is 0 Å². The highest BCUT2D eigenvalue weighted by molar-refractivity contribution is 7.92. The summed E-state index contributed by atoms with van der Waals surface area (Å²) in [5.74, 6) is 0. The van der Waals surface area contributed by atoms with E-state index in [2.05, 4.69) is 9.71 Å². The minimum absolute atomic E-state index is 0.120. The molecule has 0 aliphatic rings. The van der Waals surface area contributed by atoms with Crippen LogP contribution in [-0.4, -0.2) is 17.8 Å². The van der Waals surface area contributed by atoms with Gasteiger partial charge in [-0.2, -0.15) is 0 Å². The second kappa shape index (κ2) is 6.72. The largest absolute Gasteiger partial charge is 0.306 e. The monoisotopic (exact) mass is 397 g/mol. The SMILES string of the molecule is Cc1ccn2cc(-c3ccc(NS(=O)(=O)c4cccc(Cl)c4)cc3)nc2c1. The van der Waals surface area contributed by atoms with Crippen molar-refractivity contribution >= 4 is 33.0 Å². The summed E-state index contributed by atoms with van der Waals surface area (Å²) in [6, 6.07) is 17.3. The molecule has 7 heteroatoms. The zero-order valence-electron chi connectivity index (χ0n) is 14.4. The zero-order valence-corrected chi connectivity index (χ0v) is 16.0. The molecule has 0 aliphatic carbocycles. The molecule has 136 valence electrons. The van der Waals surface area contributed by atoms with Crippen LogP contribution in [0.4, 0.5) is 5.69 Å². The Kier molecular flexibility index (Phi) is 4.37. The van der Waals surface area contributed by atoms with Crippen LogP contribution >= 0.6 is 11.6 Å². The summed E-state index contributed by atoms with van der Waals surface area (Å²) in [5, 5.41) is 0.371. The molecule has 5 nitrogen and oxygen atoms in total. The number of aromatic nitrogens is 2. The van der Waals surface area contributed by atoms with Gasteiger partial charge in [0.1, 0.15) is 5.65 Å². The van der Waals surface area contributed by atoms with Crippen molar-refractivity contribution < 1.29 is 8.42 Å². The Morgan fingerprint density at radius 2 is 1.81 bits per heavy atom. The summed E-state index contributed by atoms with van der Waals surface area (Å²) in [7, 11) is -3.69. The Labute approximate surface area is 162 Å². The average Bonchev–Trinajstić information content (AvgIpc) is 3.05. The Balaban J connectivity index is 1.60. The quantitative estimate of drug-likeness (QED) is 0.539. The molecule has 0 atom stereocenters. The van der Waals surface area contributed by atoms with E-state index in [1.54, 1.807) is 24.3 Å². The maximum absolute atomic E-state index is 12.5. The van der Waals surface area contributed by atoms with Crippen LogP contribution in [-0.2, 0) is 10.0 Å². The van der Waals surface area contributed by atoms with Crippen molar-refractivity contribution in [1.29, 1.82) is 0 Å². The van der Waals surface area contributed by atoms with Crippen LogP contribution in [0.15, 0.2) is 78.0 Å². The molecule has 0 saturated carbocycles. The number of hydrogen-bond donors (Lipinski definition) is 1. The number of benzene rings is 2. The van der Waals surface area contributed by atoms with Crippen LogP contribution in [0.5, 0.6) is 0 Å². The minimum Gasteiger partial charge on any atom is -0.306 e. The summed E-state index contributed by atoms with van der Waals surface area (Å²) in [6.45, 7) is 2.02. The van der Waals surface area contributed by atoms with E-state index in [1.165, 1.54) is 12.1 Å². The van der Waals surface area contributed by atoms with Crippen LogP contribution in [0.25, 0.3) is 16.9 Å². The number of sulfonamides is 1. The summed E-state index contributed by atoms with van der Waals surface area (Å²) in [4.78, 5) is 4.74. The fourth-order valence-electron chi connectivity index (χ4n) is 2.78. The summed E-state index contributed by atoms with van der Waals surface area (Å²) < 4.78 is 29.5. The second-order valence-corrected chi connectivity index (χ2v) is 8.35. The number of pyridine rings is 1. The van der Waals surface area contributed by atoms with E-state index in [0.717, 1.165) is 22.5 Å². The molecular weight excluding hydrogens is 382 g/mol. The van der Waals surface area contributed by atoms with Crippen LogP contribution in [0, 0.1) is 6.92 Å². The van der Waals surface area contributed by atoms with E-state index < -0.39 is 10.0 Å². The predicted molar refractivity (Wildman–Crippen MR) is 108 cm³/mol. The van der Waals surface area contributed by atoms with E-state index in [4.69, 9.17) is 11.6 Å². The molecule has 2 aromatic heterocycles. The van der Waals surface area contributed by atoms with Crippen molar-refractivity contribution in [2.75, 3.05) is 4.72 Å². The van der Waals surface area contributed by atoms with Gasteiger partial charge in [-0.15, -0.1) is 0 Å². The third-order valence-corrected chi connectivity index (χ3v) is 5.77. The highest BCUT2D eigenvalue weighted by Crippen LogP contribution is 2.24. The maximum Gasteiger partial charge on any atom is 0.261 e. The standard InChI is InChI=1S/C20H16ClN3O2S/c1-14-9-10-24-13-19(22-20(24)11-14)15-5-7-17(8-6-15)23-27(25,26)18-4-2-3-16(21)12-18/h2-13,23H,1H3. The highest BCUT2D eigenvalue weighted by atomic mass is 35.5. The zero-order chi connectivity index (χ0) is 19.0. The van der Waals surface area contributed by atoms with E-state index in [9.17, 15) is 8.42 Å². The van der Waals surface area contributed by atoms with Crippen LogP contribution in [0.1, 0.15) is 5.56 Å². The summed E-state index contributed by atoms with van der Waals surface area (Å²) in [6.07, 6.45) is 3.91. The first-order chi connectivity index (χ1) is 12.9. The Hall–Kier alpha value is -2.83. The van der Waals surface area contributed by atoms with Gasteiger partial charge in [0.25, 0.3) is 10.0 Å². The average molecular weight is 398 g/mol. The lowest BCUT2D eigenvalue weighted by atomic mass is 10.1. The van der Waals surface area contributed by atoms with E-state index in [-0.39, 0.29) is 4.90 Å². The van der Waals surface area contributed by atoms with Crippen LogP contribution in [0.2, 0.25) is 5.02 Å². The first-order valence-electron chi connectivity index (χ1n) is 8.25. The molecule has 4 aromatic rings. The van der Waals surface area contributed by atoms with E-state index in [1.807, 2.05) is 48.0 Å². The normalized spacial score (nSPS) is 11.6. The predicted octanol–water partition coefficient (Wildman–Crippen LogP) is 4.76. The molecule has 2 heterocycles. The number of nitrogens with zero attached hydrogens (tertiary/aromatic N) is 2. The molecule has 0 bridgehead atoms. The third kappa shape index (κ3) is 3.67. The smallest absolute Gasteiger partial charge is 0.261 e. The number of halogens is 1. The lowest BCUT2D eigenvalue weighted by Gasteiger charge is -2.08. The molecule has 0 unspecified atom stereocenters. The number of nitrogens with one attached hydrogen (secondary N) is 1. The Bertz CT molecular complexity index is 1230. The Morgan fingerprint density at radius 1 is 1.04 bits per heavy atom. The van der Waals surface area contributed by atoms with E-state index in [0.29, 0.717) is 10.7 Å². The van der Waals surface area contributed by atoms with Gasteiger partial charge < -0.3 is 4.40 Å². The van der Waals surface area contributed by atoms with Crippen LogP contribution < -0.4 is 4.72 Å². The number of rotatable bonds is 4. The Morgan fingerprint density at radius 3 is 2.56 bits per heavy atom.